The summed E-state index contributed by atoms with van der Waals surface area (Å²) in [5.74, 6) is -2.57. The number of ether oxygens (including phenoxy) is 1. The minimum Gasteiger partial charge on any atom is -0.394 e. The quantitative estimate of drug-likeness (QED) is 0.190. The van der Waals surface area contributed by atoms with E-state index in [4.69, 9.17) is 15.4 Å². The third-order valence-corrected chi connectivity index (χ3v) is 3.47. The lowest BCUT2D eigenvalue weighted by Gasteiger charge is -2.26. The van der Waals surface area contributed by atoms with E-state index < -0.39 is 46.9 Å². The summed E-state index contributed by atoms with van der Waals surface area (Å²) in [6.07, 6.45) is -2.39. The van der Waals surface area contributed by atoms with Crippen LogP contribution in [0.4, 0.5) is 0 Å². The van der Waals surface area contributed by atoms with Crippen LogP contribution >= 0.6 is 0 Å². The molecular formula is C10H12N6O7. The van der Waals surface area contributed by atoms with Crippen molar-refractivity contribution >= 4 is 0 Å². The predicted molar refractivity (Wildman–Crippen MR) is 71.9 cm³/mol. The van der Waals surface area contributed by atoms with Crippen molar-refractivity contribution in [2.24, 2.45) is 5.11 Å². The summed E-state index contributed by atoms with van der Waals surface area (Å²) in [5.41, 5.74) is 6.86. The molecule has 4 atom stereocenters. The van der Waals surface area contributed by atoms with Crippen molar-refractivity contribution in [2.75, 3.05) is 6.61 Å². The van der Waals surface area contributed by atoms with E-state index in [1.807, 2.05) is 4.98 Å². The molecule has 0 radical (unpaired) electrons. The number of azide groups is 1. The molecule has 0 spiro atoms. The van der Waals surface area contributed by atoms with Gasteiger partial charge >= 0.3 is 11.5 Å². The minimum absolute atomic E-state index is 0.00949. The first-order valence-corrected chi connectivity index (χ1v) is 6.28. The van der Waals surface area contributed by atoms with Crippen LogP contribution in [0.5, 0.6) is 0 Å². The smallest absolute Gasteiger partial charge is 0.331 e. The molecule has 1 saturated heterocycles. The molecule has 3 N–H and O–H groups in total. The van der Waals surface area contributed by atoms with E-state index in [0.717, 1.165) is 6.20 Å². The first-order valence-electron chi connectivity index (χ1n) is 6.28. The predicted octanol–water partition coefficient (Wildman–Crippen LogP) is -1.84. The summed E-state index contributed by atoms with van der Waals surface area (Å²) in [5, 5.41) is 33.6. The summed E-state index contributed by atoms with van der Waals surface area (Å²) in [4.78, 5) is 38.1. The molecule has 1 aliphatic rings. The second-order valence-corrected chi connectivity index (χ2v) is 4.85. The monoisotopic (exact) mass is 328 g/mol. The number of aryl methyl sites for hydroxylation is 1. The molecule has 0 aromatic carbocycles. The van der Waals surface area contributed by atoms with Crippen LogP contribution in [0, 0.1) is 17.0 Å². The number of rotatable bonds is 4. The average molecular weight is 328 g/mol. The van der Waals surface area contributed by atoms with Crippen LogP contribution in [0.1, 0.15) is 5.56 Å². The zero-order chi connectivity index (χ0) is 17.4. The highest BCUT2D eigenvalue weighted by Gasteiger charge is 2.64. The lowest BCUT2D eigenvalue weighted by Crippen LogP contribution is -2.53. The van der Waals surface area contributed by atoms with Crippen molar-refractivity contribution in [3.8, 4) is 0 Å². The number of nitro groups is 1. The fraction of sp³-hybridized carbons (Fsp3) is 0.600. The van der Waals surface area contributed by atoms with Gasteiger partial charge in [0.2, 0.25) is 0 Å². The molecule has 124 valence electrons. The van der Waals surface area contributed by atoms with Gasteiger partial charge in [-0.05, 0) is 17.6 Å². The molecule has 23 heavy (non-hydrogen) atoms. The van der Waals surface area contributed by atoms with E-state index in [9.17, 15) is 24.8 Å². The van der Waals surface area contributed by atoms with Crippen molar-refractivity contribution in [3.63, 3.8) is 0 Å². The van der Waals surface area contributed by atoms with E-state index in [-0.39, 0.29) is 5.56 Å². The standard InChI is InChI=1S/C10H12N6O7/c1-4-2-15(9(20)12-8(4)19)10(13-14-11)7(16(21)22)6(18)5(3-17)23-10/h2,5-7,17-18H,3H2,1H3,(H,12,19,20)/t5-,6-,7?,10+/m1/s1. The highest BCUT2D eigenvalue weighted by atomic mass is 16.7. The molecule has 0 aliphatic carbocycles. The van der Waals surface area contributed by atoms with Gasteiger partial charge in [-0.2, -0.15) is 0 Å². The topological polar surface area (TPSA) is 196 Å². The Morgan fingerprint density at radius 2 is 2.30 bits per heavy atom. The molecular weight excluding hydrogens is 316 g/mol. The van der Waals surface area contributed by atoms with Crippen molar-refractivity contribution in [3.05, 3.63) is 53.2 Å². The van der Waals surface area contributed by atoms with Crippen LogP contribution in [0.15, 0.2) is 20.9 Å². The Bertz CT molecular complexity index is 796. The average Bonchev–Trinajstić information content (AvgIpc) is 2.76. The van der Waals surface area contributed by atoms with Gasteiger partial charge in [0.15, 0.2) is 6.10 Å². The largest absolute Gasteiger partial charge is 0.394 e. The number of nitrogens with zero attached hydrogens (tertiary/aromatic N) is 5. The SMILES string of the molecule is Cc1cn([C@]2(N=[N+]=[N-])O[C@H](CO)[C@@H](O)C2[N+](=O)[O-])c(=O)[nH]c1=O. The molecule has 2 heterocycles. The Balaban J connectivity index is 2.81. The first-order chi connectivity index (χ1) is 10.8. The lowest BCUT2D eigenvalue weighted by atomic mass is 10.1. The van der Waals surface area contributed by atoms with Crippen LogP contribution in [-0.2, 0) is 10.6 Å². The third-order valence-electron chi connectivity index (χ3n) is 3.47. The Labute approximate surface area is 126 Å². The number of nitrogens with one attached hydrogen (secondary N) is 1. The van der Waals surface area contributed by atoms with Crippen LogP contribution in [0.25, 0.3) is 10.4 Å². The maximum absolute atomic E-state index is 12.0. The fourth-order valence-corrected chi connectivity index (χ4v) is 2.39. The fourth-order valence-electron chi connectivity index (χ4n) is 2.39. The normalized spacial score (nSPS) is 30.0. The third kappa shape index (κ3) is 2.47. The zero-order valence-corrected chi connectivity index (χ0v) is 11.7. The molecule has 1 aromatic rings. The van der Waals surface area contributed by atoms with Crippen molar-refractivity contribution < 1.29 is 19.9 Å². The van der Waals surface area contributed by atoms with Crippen LogP contribution < -0.4 is 11.2 Å². The molecule has 1 fully saturated rings. The number of aliphatic hydroxyl groups excluding tert-OH is 2. The van der Waals surface area contributed by atoms with Gasteiger partial charge in [-0.15, -0.1) is 0 Å². The summed E-state index contributed by atoms with van der Waals surface area (Å²) in [6, 6.07) is -2.07. The van der Waals surface area contributed by atoms with E-state index in [2.05, 4.69) is 10.0 Å². The Morgan fingerprint density at radius 1 is 1.65 bits per heavy atom. The van der Waals surface area contributed by atoms with Gasteiger partial charge in [0.05, 0.1) is 6.61 Å². The van der Waals surface area contributed by atoms with Gasteiger partial charge in [0.1, 0.15) is 6.10 Å². The summed E-state index contributed by atoms with van der Waals surface area (Å²) >= 11 is 0. The molecule has 0 bridgehead atoms. The summed E-state index contributed by atoms with van der Waals surface area (Å²) < 4.78 is 5.69. The molecule has 13 nitrogen and oxygen atoms in total. The number of hydrogen-bond acceptors (Lipinski definition) is 8. The first kappa shape index (κ1) is 16.6. The molecule has 1 unspecified atom stereocenters. The Morgan fingerprint density at radius 3 is 2.83 bits per heavy atom. The van der Waals surface area contributed by atoms with Gasteiger partial charge in [-0.3, -0.25) is 24.5 Å². The van der Waals surface area contributed by atoms with Crippen molar-refractivity contribution in [2.45, 2.75) is 31.0 Å². The Kier molecular flexibility index (Phi) is 4.20. The van der Waals surface area contributed by atoms with E-state index in [1.165, 1.54) is 6.92 Å². The van der Waals surface area contributed by atoms with Gasteiger partial charge in [-0.25, -0.2) is 4.79 Å². The van der Waals surface area contributed by atoms with Gasteiger partial charge in [0, 0.05) is 21.6 Å². The molecule has 1 aliphatic heterocycles. The number of aliphatic hydroxyl groups is 2. The number of aromatic nitrogens is 2. The van der Waals surface area contributed by atoms with Crippen LogP contribution in [0.3, 0.4) is 0 Å². The van der Waals surface area contributed by atoms with Gasteiger partial charge < -0.3 is 14.9 Å². The van der Waals surface area contributed by atoms with E-state index in [1.54, 1.807) is 0 Å². The van der Waals surface area contributed by atoms with Crippen LogP contribution in [0.2, 0.25) is 0 Å². The highest BCUT2D eigenvalue weighted by Crippen LogP contribution is 2.37. The second kappa shape index (κ2) is 5.81. The number of hydrogen-bond donors (Lipinski definition) is 3. The van der Waals surface area contributed by atoms with Crippen LogP contribution in [-0.4, -0.2) is 49.5 Å². The highest BCUT2D eigenvalue weighted by molar-refractivity contribution is 5.06. The van der Waals surface area contributed by atoms with Crippen molar-refractivity contribution in [1.29, 1.82) is 0 Å². The summed E-state index contributed by atoms with van der Waals surface area (Å²) in [7, 11) is 0. The second-order valence-electron chi connectivity index (χ2n) is 4.85. The Hall–Kier alpha value is -2.73. The molecule has 0 saturated carbocycles. The molecule has 2 rings (SSSR count). The van der Waals surface area contributed by atoms with E-state index in [0.29, 0.717) is 4.57 Å². The maximum atomic E-state index is 12.0. The molecule has 1 aromatic heterocycles. The van der Waals surface area contributed by atoms with Gasteiger partial charge in [-0.1, -0.05) is 0 Å². The van der Waals surface area contributed by atoms with Gasteiger partial charge in [0.25, 0.3) is 11.6 Å². The van der Waals surface area contributed by atoms with Crippen molar-refractivity contribution in [1.82, 2.24) is 9.55 Å². The molecule has 0 amide bonds. The van der Waals surface area contributed by atoms with E-state index >= 15 is 0 Å². The number of aromatic amines is 1. The lowest BCUT2D eigenvalue weighted by molar-refractivity contribution is -0.553. The molecule has 13 heteroatoms. The minimum atomic E-state index is -2.57. The number of H-pyrrole nitrogens is 1. The summed E-state index contributed by atoms with van der Waals surface area (Å²) in [6.45, 7) is 0.500. The zero-order valence-electron chi connectivity index (χ0n) is 11.7. The maximum Gasteiger partial charge on any atom is 0.331 e.